The predicted molar refractivity (Wildman–Crippen MR) is 145 cm³/mol. The van der Waals surface area contributed by atoms with Gasteiger partial charge in [0.25, 0.3) is 5.91 Å². The van der Waals surface area contributed by atoms with Gasteiger partial charge in [-0.15, -0.1) is 0 Å². The molecule has 0 spiro atoms. The van der Waals surface area contributed by atoms with Crippen LogP contribution in [0.3, 0.4) is 0 Å². The molecule has 1 fully saturated rings. The number of anilines is 1. The van der Waals surface area contributed by atoms with Crippen LogP contribution < -0.4 is 4.90 Å². The first-order chi connectivity index (χ1) is 17.5. The lowest BCUT2D eigenvalue weighted by Crippen LogP contribution is -2.47. The summed E-state index contributed by atoms with van der Waals surface area (Å²) in [6, 6.07) is 26.6. The molecule has 7 heteroatoms. The largest absolute Gasteiger partial charge is 0.326 e. The molecular formula is C29H23BrClN3O2. The van der Waals surface area contributed by atoms with Gasteiger partial charge in [0.2, 0.25) is 5.91 Å². The number of hydrogen-bond donors (Lipinski definition) is 0. The van der Waals surface area contributed by atoms with Gasteiger partial charge in [-0.25, -0.2) is 0 Å². The van der Waals surface area contributed by atoms with Crippen molar-refractivity contribution in [1.29, 1.82) is 0 Å². The molecule has 3 aromatic carbocycles. The van der Waals surface area contributed by atoms with Crippen LogP contribution in [0.1, 0.15) is 40.5 Å². The van der Waals surface area contributed by atoms with Crippen LogP contribution in [0.2, 0.25) is 5.02 Å². The van der Waals surface area contributed by atoms with Crippen molar-refractivity contribution < 1.29 is 9.59 Å². The van der Waals surface area contributed by atoms with Gasteiger partial charge in [-0.1, -0.05) is 51.8 Å². The molecule has 1 aliphatic carbocycles. The van der Waals surface area contributed by atoms with Gasteiger partial charge in [0, 0.05) is 27.3 Å². The number of benzene rings is 3. The second-order valence-corrected chi connectivity index (χ2v) is 10.5. The Kier molecular flexibility index (Phi) is 5.94. The Morgan fingerprint density at radius 2 is 1.67 bits per heavy atom. The van der Waals surface area contributed by atoms with Crippen molar-refractivity contribution in [3.05, 3.63) is 117 Å². The number of hydrogen-bond acceptors (Lipinski definition) is 2. The molecular weight excluding hydrogens is 538 g/mol. The third kappa shape index (κ3) is 4.14. The van der Waals surface area contributed by atoms with E-state index in [0.717, 1.165) is 39.9 Å². The fourth-order valence-corrected chi connectivity index (χ4v) is 5.45. The molecule has 0 N–H and O–H groups in total. The predicted octanol–water partition coefficient (Wildman–Crippen LogP) is 6.63. The summed E-state index contributed by atoms with van der Waals surface area (Å²) in [5, 5.41) is 0.613. The van der Waals surface area contributed by atoms with Crippen LogP contribution in [0, 0.1) is 0 Å². The van der Waals surface area contributed by atoms with E-state index in [4.69, 9.17) is 11.6 Å². The lowest BCUT2D eigenvalue weighted by molar-refractivity contribution is -0.119. The number of amides is 2. The maximum atomic E-state index is 14.2. The van der Waals surface area contributed by atoms with Gasteiger partial charge in [-0.3, -0.25) is 14.5 Å². The summed E-state index contributed by atoms with van der Waals surface area (Å²) in [7, 11) is 0. The third-order valence-electron chi connectivity index (χ3n) is 6.80. The molecule has 0 bridgehead atoms. The van der Waals surface area contributed by atoms with Gasteiger partial charge in [-0.05, 0) is 79.1 Å². The van der Waals surface area contributed by atoms with Gasteiger partial charge in [0.1, 0.15) is 12.6 Å². The summed E-state index contributed by atoms with van der Waals surface area (Å²) >= 11 is 9.81. The zero-order valence-corrected chi connectivity index (χ0v) is 21.7. The highest BCUT2D eigenvalue weighted by molar-refractivity contribution is 9.10. The van der Waals surface area contributed by atoms with Crippen molar-refractivity contribution in [2.45, 2.75) is 24.9 Å². The first-order valence-electron chi connectivity index (χ1n) is 11.9. The number of nitrogens with zero attached hydrogens (tertiary/aromatic N) is 3. The van der Waals surface area contributed by atoms with Crippen LogP contribution in [0.25, 0.3) is 5.69 Å². The van der Waals surface area contributed by atoms with Crippen LogP contribution in [-0.2, 0) is 4.79 Å². The fourth-order valence-electron chi connectivity index (χ4n) is 4.99. The Morgan fingerprint density at radius 1 is 0.917 bits per heavy atom. The molecule has 0 saturated heterocycles. The number of halogens is 2. The first kappa shape index (κ1) is 23.1. The molecule has 1 aromatic heterocycles. The molecule has 1 unspecified atom stereocenters. The molecule has 4 aromatic rings. The molecule has 180 valence electrons. The summed E-state index contributed by atoms with van der Waals surface area (Å²) in [5.41, 5.74) is 4.21. The maximum absolute atomic E-state index is 14.2. The zero-order chi connectivity index (χ0) is 24.8. The monoisotopic (exact) mass is 559 g/mol. The Balaban J connectivity index is 1.41. The molecule has 2 heterocycles. The standard InChI is InChI=1S/C29H23BrClN3O2/c30-21-12-10-19(11-13-21)29(36)33(23-14-15-23)18-27(35)34-25-8-2-1-7-24(25)32-16-4-9-26(32)28(34)20-5-3-6-22(31)17-20/h1-13,16-17,23,28H,14-15,18H2. The quantitative estimate of drug-likeness (QED) is 0.275. The number of aromatic nitrogens is 1. The molecule has 0 radical (unpaired) electrons. The second kappa shape index (κ2) is 9.26. The van der Waals surface area contributed by atoms with E-state index in [1.54, 1.807) is 17.0 Å². The van der Waals surface area contributed by atoms with E-state index in [1.807, 2.05) is 83.9 Å². The van der Waals surface area contributed by atoms with Crippen LogP contribution >= 0.6 is 27.5 Å². The summed E-state index contributed by atoms with van der Waals surface area (Å²) in [6.45, 7) is 0.00563. The van der Waals surface area contributed by atoms with E-state index in [1.165, 1.54) is 0 Å². The molecule has 6 rings (SSSR count). The van der Waals surface area contributed by atoms with E-state index in [9.17, 15) is 9.59 Å². The maximum Gasteiger partial charge on any atom is 0.254 e. The van der Waals surface area contributed by atoms with Crippen LogP contribution in [0.5, 0.6) is 0 Å². The summed E-state index contributed by atoms with van der Waals surface area (Å²) in [6.07, 6.45) is 3.83. The minimum Gasteiger partial charge on any atom is -0.326 e. The van der Waals surface area contributed by atoms with Crippen LogP contribution in [0.4, 0.5) is 5.69 Å². The van der Waals surface area contributed by atoms with Crippen LogP contribution in [-0.4, -0.2) is 33.9 Å². The van der Waals surface area contributed by atoms with Gasteiger partial charge in [0.05, 0.1) is 17.1 Å². The van der Waals surface area contributed by atoms with Crippen LogP contribution in [0.15, 0.2) is 95.6 Å². The zero-order valence-electron chi connectivity index (χ0n) is 19.4. The number of carbonyl (C=O) groups excluding carboxylic acids is 2. The minimum atomic E-state index is -0.370. The van der Waals surface area contributed by atoms with E-state index >= 15 is 0 Å². The Labute approximate surface area is 223 Å². The van der Waals surface area contributed by atoms with E-state index in [2.05, 4.69) is 20.5 Å². The summed E-state index contributed by atoms with van der Waals surface area (Å²) in [5.74, 6) is -0.247. The fraction of sp³-hybridized carbons (Fsp3) is 0.172. The smallest absolute Gasteiger partial charge is 0.254 e. The van der Waals surface area contributed by atoms with Gasteiger partial charge in [0.15, 0.2) is 0 Å². The number of rotatable bonds is 5. The molecule has 1 saturated carbocycles. The van der Waals surface area contributed by atoms with Gasteiger partial charge >= 0.3 is 0 Å². The summed E-state index contributed by atoms with van der Waals surface area (Å²) < 4.78 is 3.03. The molecule has 5 nitrogen and oxygen atoms in total. The van der Waals surface area contributed by atoms with Gasteiger partial charge < -0.3 is 9.47 Å². The third-order valence-corrected chi connectivity index (χ3v) is 7.56. The Hall–Kier alpha value is -3.35. The van der Waals surface area contributed by atoms with Gasteiger partial charge in [-0.2, -0.15) is 0 Å². The number of carbonyl (C=O) groups is 2. The van der Waals surface area contributed by atoms with Crippen molar-refractivity contribution in [1.82, 2.24) is 9.47 Å². The molecule has 1 aliphatic heterocycles. The van der Waals surface area contributed by atoms with E-state index in [0.29, 0.717) is 10.6 Å². The Morgan fingerprint density at radius 3 is 2.39 bits per heavy atom. The molecule has 2 aliphatic rings. The van der Waals surface area contributed by atoms with E-state index < -0.39 is 0 Å². The first-order valence-corrected chi connectivity index (χ1v) is 13.1. The normalized spacial score (nSPS) is 16.3. The van der Waals surface area contributed by atoms with Crippen molar-refractivity contribution >= 4 is 45.0 Å². The van der Waals surface area contributed by atoms with Crippen molar-refractivity contribution in [3.63, 3.8) is 0 Å². The highest BCUT2D eigenvalue weighted by Crippen LogP contribution is 2.43. The molecule has 1 atom stereocenters. The average Bonchev–Trinajstić information content (AvgIpc) is 3.61. The van der Waals surface area contributed by atoms with E-state index in [-0.39, 0.29) is 30.4 Å². The minimum absolute atomic E-state index is 0.00563. The average molecular weight is 561 g/mol. The summed E-state index contributed by atoms with van der Waals surface area (Å²) in [4.78, 5) is 31.2. The second-order valence-electron chi connectivity index (χ2n) is 9.18. The Bertz CT molecular complexity index is 1460. The highest BCUT2D eigenvalue weighted by Gasteiger charge is 2.40. The lowest BCUT2D eigenvalue weighted by Gasteiger charge is -2.39. The SMILES string of the molecule is O=C(c1ccc(Br)cc1)N(CC(=O)N1c2ccccc2-n2cccc2C1c1cccc(Cl)c1)C1CC1. The molecule has 2 amide bonds. The van der Waals surface area contributed by atoms with Crippen molar-refractivity contribution in [3.8, 4) is 5.69 Å². The van der Waals surface area contributed by atoms with Crippen molar-refractivity contribution in [2.24, 2.45) is 0 Å². The lowest BCUT2D eigenvalue weighted by atomic mass is 9.97. The van der Waals surface area contributed by atoms with Crippen molar-refractivity contribution in [2.75, 3.05) is 11.4 Å². The number of fused-ring (bicyclic) bond motifs is 3. The number of para-hydroxylation sites is 2. The molecule has 36 heavy (non-hydrogen) atoms. The topological polar surface area (TPSA) is 45.6 Å². The highest BCUT2D eigenvalue weighted by atomic mass is 79.9.